The maximum atomic E-state index is 12.2. The van der Waals surface area contributed by atoms with Crippen LogP contribution in [0.15, 0.2) is 42.6 Å². The Bertz CT molecular complexity index is 928. The predicted octanol–water partition coefficient (Wildman–Crippen LogP) is 5.25. The van der Waals surface area contributed by atoms with E-state index in [4.69, 9.17) is 21.1 Å². The smallest absolute Gasteiger partial charge is 0.257 e. The van der Waals surface area contributed by atoms with Gasteiger partial charge in [0.2, 0.25) is 0 Å². The number of halogens is 2. The van der Waals surface area contributed by atoms with Gasteiger partial charge in [-0.15, -0.1) is 0 Å². The van der Waals surface area contributed by atoms with Crippen molar-refractivity contribution >= 4 is 17.5 Å². The zero-order valence-electron chi connectivity index (χ0n) is 24.9. The van der Waals surface area contributed by atoms with Crippen LogP contribution in [0.25, 0.3) is 0 Å². The highest BCUT2D eigenvalue weighted by atomic mass is 127. The Labute approximate surface area is 265 Å². The molecule has 0 unspecified atom stereocenters. The van der Waals surface area contributed by atoms with Crippen LogP contribution in [-0.4, -0.2) is 25.7 Å². The SMILES string of the molecule is CCCCCCCCCCCCCCCCOc1ccc(OCC(=O)NCCc2cccc[n+]2CC)cc1Cl.[I-]. The molecule has 7 heteroatoms. The summed E-state index contributed by atoms with van der Waals surface area (Å²) < 4.78 is 13.7. The maximum Gasteiger partial charge on any atom is 0.257 e. The van der Waals surface area contributed by atoms with Crippen LogP contribution in [0.1, 0.15) is 109 Å². The highest BCUT2D eigenvalue weighted by Crippen LogP contribution is 2.29. The van der Waals surface area contributed by atoms with E-state index >= 15 is 0 Å². The van der Waals surface area contributed by atoms with Crippen LogP contribution in [-0.2, 0) is 17.8 Å². The van der Waals surface area contributed by atoms with Crippen molar-refractivity contribution in [3.05, 3.63) is 53.3 Å². The van der Waals surface area contributed by atoms with Crippen molar-refractivity contribution in [2.24, 2.45) is 0 Å². The molecular formula is C33H52ClIN2O3. The Morgan fingerprint density at radius 1 is 0.825 bits per heavy atom. The fourth-order valence-corrected chi connectivity index (χ4v) is 4.97. The first-order valence-corrected chi connectivity index (χ1v) is 15.8. The molecule has 0 bridgehead atoms. The molecule has 0 aliphatic rings. The molecule has 0 saturated heterocycles. The van der Waals surface area contributed by atoms with Crippen molar-refractivity contribution in [2.45, 2.75) is 117 Å². The molecule has 0 spiro atoms. The second-order valence-electron chi connectivity index (χ2n) is 10.4. The Morgan fingerprint density at radius 2 is 1.45 bits per heavy atom. The topological polar surface area (TPSA) is 51.4 Å². The normalized spacial score (nSPS) is 10.7. The molecule has 1 heterocycles. The van der Waals surface area contributed by atoms with Gasteiger partial charge < -0.3 is 38.8 Å². The Morgan fingerprint density at radius 3 is 2.05 bits per heavy atom. The summed E-state index contributed by atoms with van der Waals surface area (Å²) in [6, 6.07) is 11.4. The molecule has 0 aliphatic heterocycles. The summed E-state index contributed by atoms with van der Waals surface area (Å²) in [7, 11) is 0. The number of rotatable bonds is 23. The van der Waals surface area contributed by atoms with Gasteiger partial charge in [0, 0.05) is 31.2 Å². The largest absolute Gasteiger partial charge is 1.00 e. The van der Waals surface area contributed by atoms with E-state index in [1.165, 1.54) is 89.2 Å². The molecule has 2 aromatic rings. The molecule has 5 nitrogen and oxygen atoms in total. The Kier molecular flexibility index (Phi) is 22.0. The highest BCUT2D eigenvalue weighted by Gasteiger charge is 2.10. The zero-order chi connectivity index (χ0) is 28.0. The van der Waals surface area contributed by atoms with Gasteiger partial charge in [-0.2, -0.15) is 0 Å². The van der Waals surface area contributed by atoms with E-state index in [1.54, 1.807) is 12.1 Å². The number of aromatic nitrogens is 1. The van der Waals surface area contributed by atoms with E-state index in [9.17, 15) is 4.79 Å². The maximum absolute atomic E-state index is 12.2. The van der Waals surface area contributed by atoms with Crippen molar-refractivity contribution in [3.63, 3.8) is 0 Å². The molecule has 1 amide bonds. The predicted molar refractivity (Wildman–Crippen MR) is 162 cm³/mol. The number of nitrogens with zero attached hydrogens (tertiary/aromatic N) is 1. The van der Waals surface area contributed by atoms with Gasteiger partial charge in [-0.25, -0.2) is 4.57 Å². The standard InChI is InChI=1S/C33H51ClN2O3.HI/c1-3-5-6-7-8-9-10-11-12-13-14-15-16-19-26-38-32-22-21-30(27-31(32)34)39-28-33(37)35-24-23-29-20-17-18-25-36(29)4-2;/h17-18,20-22,25,27H,3-16,19,23-24,26,28H2,1-2H3;1H. The average molecular weight is 687 g/mol. The van der Waals surface area contributed by atoms with Crippen LogP contribution in [0.4, 0.5) is 0 Å². The molecule has 0 aliphatic carbocycles. The molecule has 0 saturated carbocycles. The monoisotopic (exact) mass is 686 g/mol. The number of ether oxygens (including phenoxy) is 2. The highest BCUT2D eigenvalue weighted by molar-refractivity contribution is 6.32. The van der Waals surface area contributed by atoms with Gasteiger partial charge in [-0.3, -0.25) is 4.79 Å². The first kappa shape index (κ1) is 36.5. The van der Waals surface area contributed by atoms with Crippen LogP contribution in [0.2, 0.25) is 5.02 Å². The molecule has 0 fully saturated rings. The minimum atomic E-state index is -0.150. The van der Waals surface area contributed by atoms with Crippen molar-refractivity contribution in [1.82, 2.24) is 5.32 Å². The van der Waals surface area contributed by atoms with Gasteiger partial charge >= 0.3 is 0 Å². The third-order valence-electron chi connectivity index (χ3n) is 7.11. The van der Waals surface area contributed by atoms with E-state index in [1.807, 2.05) is 18.2 Å². The number of carbonyl (C=O) groups is 1. The Hall–Kier alpha value is -1.54. The van der Waals surface area contributed by atoms with Crippen molar-refractivity contribution in [2.75, 3.05) is 19.8 Å². The van der Waals surface area contributed by atoms with Crippen molar-refractivity contribution < 1.29 is 42.8 Å². The molecule has 2 rings (SSSR count). The van der Waals surface area contributed by atoms with Crippen molar-refractivity contribution in [1.29, 1.82) is 0 Å². The number of pyridine rings is 1. The quantitative estimate of drug-likeness (QED) is 0.0988. The third kappa shape index (κ3) is 16.7. The number of hydrogen-bond donors (Lipinski definition) is 1. The molecule has 40 heavy (non-hydrogen) atoms. The molecule has 0 radical (unpaired) electrons. The van der Waals surface area contributed by atoms with Crippen LogP contribution >= 0.6 is 11.6 Å². The molecule has 1 N–H and O–H groups in total. The first-order valence-electron chi connectivity index (χ1n) is 15.4. The number of nitrogens with one attached hydrogen (secondary N) is 1. The third-order valence-corrected chi connectivity index (χ3v) is 7.40. The Balaban J connectivity index is 0.00000800. The number of carbonyl (C=O) groups excluding carboxylic acids is 1. The number of unbranched alkanes of at least 4 members (excludes halogenated alkanes) is 13. The van der Waals surface area contributed by atoms with Crippen molar-refractivity contribution in [3.8, 4) is 11.5 Å². The number of benzene rings is 1. The number of aryl methyl sites for hydroxylation is 1. The lowest BCUT2D eigenvalue weighted by Crippen LogP contribution is -3.00. The summed E-state index contributed by atoms with van der Waals surface area (Å²) in [5, 5.41) is 3.42. The van der Waals surface area contributed by atoms with Gasteiger partial charge in [0.25, 0.3) is 5.91 Å². The van der Waals surface area contributed by atoms with Gasteiger partial charge in [0.15, 0.2) is 18.5 Å². The zero-order valence-corrected chi connectivity index (χ0v) is 27.8. The molecule has 226 valence electrons. The minimum Gasteiger partial charge on any atom is -1.00 e. The summed E-state index contributed by atoms with van der Waals surface area (Å²) >= 11 is 6.38. The number of hydrogen-bond acceptors (Lipinski definition) is 3. The van der Waals surface area contributed by atoms with Crippen LogP contribution in [0.5, 0.6) is 11.5 Å². The molecule has 1 aromatic heterocycles. The molecule has 0 atom stereocenters. The summed E-state index contributed by atoms with van der Waals surface area (Å²) in [6.45, 7) is 6.49. The lowest BCUT2D eigenvalue weighted by Gasteiger charge is -2.11. The van der Waals surface area contributed by atoms with Gasteiger partial charge in [-0.05, 0) is 25.5 Å². The van der Waals surface area contributed by atoms with E-state index < -0.39 is 0 Å². The second-order valence-corrected chi connectivity index (χ2v) is 10.8. The minimum absolute atomic E-state index is 0. The number of amides is 1. The van der Waals surface area contributed by atoms with E-state index in [0.717, 1.165) is 19.4 Å². The summed E-state index contributed by atoms with van der Waals surface area (Å²) in [6.07, 6.45) is 21.6. The second kappa shape index (κ2) is 24.1. The fraction of sp³-hybridized carbons (Fsp3) is 0.636. The molecular weight excluding hydrogens is 635 g/mol. The summed E-state index contributed by atoms with van der Waals surface area (Å²) in [5.41, 5.74) is 1.19. The first-order chi connectivity index (χ1) is 19.1. The van der Waals surface area contributed by atoms with Gasteiger partial charge in [0.05, 0.1) is 11.6 Å². The van der Waals surface area contributed by atoms with E-state index in [2.05, 4.69) is 36.0 Å². The summed E-state index contributed by atoms with van der Waals surface area (Å²) in [4.78, 5) is 12.2. The lowest BCUT2D eigenvalue weighted by atomic mass is 10.0. The lowest BCUT2D eigenvalue weighted by molar-refractivity contribution is -0.700. The average Bonchev–Trinajstić information content (AvgIpc) is 2.95. The van der Waals surface area contributed by atoms with Gasteiger partial charge in [-0.1, -0.05) is 108 Å². The van der Waals surface area contributed by atoms with E-state index in [0.29, 0.717) is 29.7 Å². The van der Waals surface area contributed by atoms with E-state index in [-0.39, 0.29) is 36.5 Å². The fourth-order valence-electron chi connectivity index (χ4n) is 4.74. The van der Waals surface area contributed by atoms with Gasteiger partial charge in [0.1, 0.15) is 18.0 Å². The van der Waals surface area contributed by atoms with Crippen LogP contribution < -0.4 is 43.3 Å². The van der Waals surface area contributed by atoms with Crippen LogP contribution in [0, 0.1) is 0 Å². The van der Waals surface area contributed by atoms with Crippen LogP contribution in [0.3, 0.4) is 0 Å². The summed E-state index contributed by atoms with van der Waals surface area (Å²) in [5.74, 6) is 1.07. The molecule has 1 aromatic carbocycles.